The molecule has 1 aliphatic rings. The molecule has 132 valence electrons. The summed E-state index contributed by atoms with van der Waals surface area (Å²) in [5, 5.41) is 0. The molecule has 0 N–H and O–H groups in total. The average Bonchev–Trinajstić information content (AvgIpc) is 2.56. The van der Waals surface area contributed by atoms with Gasteiger partial charge in [-0.1, -0.05) is 19.9 Å². The molecule has 1 saturated heterocycles. The van der Waals surface area contributed by atoms with Crippen molar-refractivity contribution in [3.8, 4) is 0 Å². The smallest absolute Gasteiger partial charge is 0.225 e. The minimum absolute atomic E-state index is 0.0404. The van der Waals surface area contributed by atoms with Gasteiger partial charge in [-0.25, -0.2) is 8.78 Å². The number of hydrogen-bond donors (Lipinski definition) is 0. The summed E-state index contributed by atoms with van der Waals surface area (Å²) in [6.07, 6.45) is 1.24. The SMILES string of the molecule is CC(C)C(=O)N1CCC(C(=O)N(C)Cc2ccc(F)cc2F)CC1. The van der Waals surface area contributed by atoms with E-state index in [1.807, 2.05) is 13.8 Å². The van der Waals surface area contributed by atoms with Crippen LogP contribution in [0, 0.1) is 23.5 Å². The van der Waals surface area contributed by atoms with E-state index < -0.39 is 11.6 Å². The van der Waals surface area contributed by atoms with Crippen molar-refractivity contribution in [2.24, 2.45) is 11.8 Å². The number of nitrogens with zero attached hydrogens (tertiary/aromatic N) is 2. The van der Waals surface area contributed by atoms with Gasteiger partial charge in [0.1, 0.15) is 11.6 Å². The van der Waals surface area contributed by atoms with Crippen LogP contribution in [0.2, 0.25) is 0 Å². The Bertz CT molecular complexity index is 611. The molecule has 0 aliphatic carbocycles. The molecule has 24 heavy (non-hydrogen) atoms. The van der Waals surface area contributed by atoms with E-state index in [-0.39, 0.29) is 30.2 Å². The van der Waals surface area contributed by atoms with Gasteiger partial charge in [0, 0.05) is 50.1 Å². The predicted octanol–water partition coefficient (Wildman–Crippen LogP) is 2.82. The van der Waals surface area contributed by atoms with Gasteiger partial charge in [0.25, 0.3) is 0 Å². The fraction of sp³-hybridized carbons (Fsp3) is 0.556. The first-order chi connectivity index (χ1) is 11.3. The second-order valence-corrected chi connectivity index (χ2v) is 6.68. The Kier molecular flexibility index (Phi) is 5.91. The minimum atomic E-state index is -0.646. The minimum Gasteiger partial charge on any atom is -0.342 e. The maximum absolute atomic E-state index is 13.7. The van der Waals surface area contributed by atoms with E-state index in [0.717, 1.165) is 6.07 Å². The number of carbonyl (C=O) groups excluding carboxylic acids is 2. The highest BCUT2D eigenvalue weighted by Gasteiger charge is 2.30. The van der Waals surface area contributed by atoms with Crippen molar-refractivity contribution in [2.75, 3.05) is 20.1 Å². The van der Waals surface area contributed by atoms with Gasteiger partial charge in [-0.15, -0.1) is 0 Å². The number of halogens is 2. The molecule has 2 rings (SSSR count). The van der Waals surface area contributed by atoms with Gasteiger partial charge in [0.05, 0.1) is 0 Å². The molecule has 1 heterocycles. The molecule has 1 fully saturated rings. The van der Waals surface area contributed by atoms with E-state index in [4.69, 9.17) is 0 Å². The van der Waals surface area contributed by atoms with Gasteiger partial charge in [-0.2, -0.15) is 0 Å². The molecule has 1 aromatic rings. The molecule has 2 amide bonds. The maximum atomic E-state index is 13.7. The van der Waals surface area contributed by atoms with Crippen molar-refractivity contribution in [1.29, 1.82) is 0 Å². The molecule has 0 bridgehead atoms. The van der Waals surface area contributed by atoms with Crippen molar-refractivity contribution >= 4 is 11.8 Å². The normalized spacial score (nSPS) is 15.7. The highest BCUT2D eigenvalue weighted by Crippen LogP contribution is 2.22. The number of benzene rings is 1. The molecule has 0 radical (unpaired) electrons. The van der Waals surface area contributed by atoms with Crippen molar-refractivity contribution in [1.82, 2.24) is 9.80 Å². The number of piperidine rings is 1. The molecular formula is C18H24F2N2O2. The summed E-state index contributed by atoms with van der Waals surface area (Å²) in [4.78, 5) is 27.8. The zero-order valence-corrected chi connectivity index (χ0v) is 14.4. The standard InChI is InChI=1S/C18H24F2N2O2/c1-12(2)17(23)22-8-6-13(7-9-22)18(24)21(3)11-14-4-5-15(19)10-16(14)20/h4-5,10,12-13H,6-9,11H2,1-3H3. The molecule has 0 saturated carbocycles. The molecule has 0 unspecified atom stereocenters. The molecule has 1 aliphatic heterocycles. The second-order valence-electron chi connectivity index (χ2n) is 6.68. The van der Waals surface area contributed by atoms with E-state index in [9.17, 15) is 18.4 Å². The van der Waals surface area contributed by atoms with Crippen LogP contribution in [0.15, 0.2) is 18.2 Å². The Morgan fingerprint density at radius 1 is 1.25 bits per heavy atom. The van der Waals surface area contributed by atoms with E-state index >= 15 is 0 Å². The number of rotatable bonds is 4. The zero-order valence-electron chi connectivity index (χ0n) is 14.4. The Morgan fingerprint density at radius 3 is 2.42 bits per heavy atom. The van der Waals surface area contributed by atoms with E-state index in [1.54, 1.807) is 11.9 Å². The van der Waals surface area contributed by atoms with Crippen molar-refractivity contribution in [3.05, 3.63) is 35.4 Å². The number of hydrogen-bond acceptors (Lipinski definition) is 2. The lowest BCUT2D eigenvalue weighted by molar-refractivity contribution is -0.141. The number of carbonyl (C=O) groups is 2. The van der Waals surface area contributed by atoms with Crippen LogP contribution in [0.3, 0.4) is 0 Å². The Hall–Kier alpha value is -1.98. The van der Waals surface area contributed by atoms with Gasteiger partial charge in [-0.05, 0) is 18.9 Å². The molecule has 4 nitrogen and oxygen atoms in total. The summed E-state index contributed by atoms with van der Waals surface area (Å²) in [6, 6.07) is 3.37. The largest absolute Gasteiger partial charge is 0.342 e. The lowest BCUT2D eigenvalue weighted by Crippen LogP contribution is -2.44. The van der Waals surface area contributed by atoms with E-state index in [0.29, 0.717) is 31.5 Å². The zero-order chi connectivity index (χ0) is 17.9. The Morgan fingerprint density at radius 2 is 1.88 bits per heavy atom. The summed E-state index contributed by atoms with van der Waals surface area (Å²) < 4.78 is 26.7. The van der Waals surface area contributed by atoms with Crippen molar-refractivity contribution in [2.45, 2.75) is 33.2 Å². The summed E-state index contributed by atoms with van der Waals surface area (Å²) in [5.74, 6) is -1.42. The van der Waals surface area contributed by atoms with E-state index in [1.165, 1.54) is 17.0 Å². The van der Waals surface area contributed by atoms with Gasteiger partial charge in [-0.3, -0.25) is 9.59 Å². The molecule has 0 aromatic heterocycles. The van der Waals surface area contributed by atoms with Crippen LogP contribution in [0.5, 0.6) is 0 Å². The fourth-order valence-electron chi connectivity index (χ4n) is 3.01. The highest BCUT2D eigenvalue weighted by molar-refractivity contribution is 5.80. The van der Waals surface area contributed by atoms with Crippen LogP contribution in [-0.4, -0.2) is 41.8 Å². The third kappa shape index (κ3) is 4.30. The molecule has 0 spiro atoms. The number of likely N-dealkylation sites (tertiary alicyclic amines) is 1. The second kappa shape index (κ2) is 7.73. The topological polar surface area (TPSA) is 40.6 Å². The summed E-state index contributed by atoms with van der Waals surface area (Å²) in [5.41, 5.74) is 0.291. The lowest BCUT2D eigenvalue weighted by Gasteiger charge is -2.34. The van der Waals surface area contributed by atoms with Crippen LogP contribution in [-0.2, 0) is 16.1 Å². The van der Waals surface area contributed by atoms with Gasteiger partial charge < -0.3 is 9.80 Å². The first-order valence-electron chi connectivity index (χ1n) is 8.27. The molecule has 0 atom stereocenters. The van der Waals surface area contributed by atoms with E-state index in [2.05, 4.69) is 0 Å². The third-order valence-corrected chi connectivity index (χ3v) is 4.45. The van der Waals surface area contributed by atoms with Crippen LogP contribution in [0.25, 0.3) is 0 Å². The van der Waals surface area contributed by atoms with Gasteiger partial charge >= 0.3 is 0 Å². The van der Waals surface area contributed by atoms with Gasteiger partial charge in [0.2, 0.25) is 11.8 Å². The monoisotopic (exact) mass is 338 g/mol. The average molecular weight is 338 g/mol. The van der Waals surface area contributed by atoms with Crippen LogP contribution >= 0.6 is 0 Å². The summed E-state index contributed by atoms with van der Waals surface area (Å²) in [7, 11) is 1.62. The Labute approximate surface area is 141 Å². The Balaban J connectivity index is 1.91. The quantitative estimate of drug-likeness (QED) is 0.847. The van der Waals surface area contributed by atoms with Crippen molar-refractivity contribution < 1.29 is 18.4 Å². The molecule has 6 heteroatoms. The third-order valence-electron chi connectivity index (χ3n) is 4.45. The summed E-state index contributed by atoms with van der Waals surface area (Å²) in [6.45, 7) is 4.99. The predicted molar refractivity (Wildman–Crippen MR) is 87.0 cm³/mol. The highest BCUT2D eigenvalue weighted by atomic mass is 19.1. The summed E-state index contributed by atoms with van der Waals surface area (Å²) >= 11 is 0. The number of amides is 2. The van der Waals surface area contributed by atoms with Gasteiger partial charge in [0.15, 0.2) is 0 Å². The first kappa shape index (κ1) is 18.4. The van der Waals surface area contributed by atoms with Crippen LogP contribution < -0.4 is 0 Å². The molecule has 1 aromatic carbocycles. The first-order valence-corrected chi connectivity index (χ1v) is 8.27. The molecular weight excluding hydrogens is 314 g/mol. The van der Waals surface area contributed by atoms with Crippen molar-refractivity contribution in [3.63, 3.8) is 0 Å². The van der Waals surface area contributed by atoms with Crippen LogP contribution in [0.1, 0.15) is 32.3 Å². The lowest BCUT2D eigenvalue weighted by atomic mass is 9.94. The fourth-order valence-corrected chi connectivity index (χ4v) is 3.01. The van der Waals surface area contributed by atoms with Crippen LogP contribution in [0.4, 0.5) is 8.78 Å². The maximum Gasteiger partial charge on any atom is 0.225 e.